The molecule has 1 aromatic carbocycles. The summed E-state index contributed by atoms with van der Waals surface area (Å²) >= 11 is 1.58. The fraction of sp³-hybridized carbons (Fsp3) is 0.222. The maximum atomic E-state index is 8.61. The van der Waals surface area contributed by atoms with Gasteiger partial charge in [-0.15, -0.1) is 0 Å². The summed E-state index contributed by atoms with van der Waals surface area (Å²) in [4.78, 5) is 4.32. The maximum Gasteiger partial charge on any atom is 0.183 e. The Labute approximate surface area is 80.0 Å². The molecule has 0 spiro atoms. The second kappa shape index (κ2) is 3.72. The van der Waals surface area contributed by atoms with Crippen molar-refractivity contribution in [1.29, 1.82) is 0 Å². The Morgan fingerprint density at radius 1 is 1.62 bits per heavy atom. The molecule has 0 aliphatic carbocycles. The van der Waals surface area contributed by atoms with Crippen LogP contribution in [0.15, 0.2) is 18.2 Å². The number of thiazole rings is 1. The molecule has 0 aliphatic rings. The lowest BCUT2D eigenvalue weighted by Crippen LogP contribution is -2.04. The van der Waals surface area contributed by atoms with Gasteiger partial charge in [0, 0.05) is 6.54 Å². The highest BCUT2D eigenvalue weighted by atomic mass is 32.1. The van der Waals surface area contributed by atoms with Gasteiger partial charge in [-0.3, -0.25) is 0 Å². The molecule has 2 N–H and O–H groups in total. The molecule has 2 aromatic rings. The highest BCUT2D eigenvalue weighted by Gasteiger charge is 2.00. The molecule has 1 aromatic heterocycles. The van der Waals surface area contributed by atoms with Crippen LogP contribution in [0.1, 0.15) is 0 Å². The molecule has 13 heavy (non-hydrogen) atoms. The minimum Gasteiger partial charge on any atom is -0.395 e. The van der Waals surface area contributed by atoms with E-state index in [2.05, 4.69) is 16.4 Å². The van der Waals surface area contributed by atoms with Crippen LogP contribution < -0.4 is 5.32 Å². The maximum absolute atomic E-state index is 8.61. The van der Waals surface area contributed by atoms with Crippen molar-refractivity contribution in [1.82, 2.24) is 4.98 Å². The third-order valence-corrected chi connectivity index (χ3v) is 2.61. The number of fused-ring (bicyclic) bond motifs is 1. The minimum absolute atomic E-state index is 0.127. The summed E-state index contributed by atoms with van der Waals surface area (Å²) in [5.41, 5.74) is 0.952. The van der Waals surface area contributed by atoms with Gasteiger partial charge in [0.25, 0.3) is 0 Å². The van der Waals surface area contributed by atoms with Crippen molar-refractivity contribution in [2.24, 2.45) is 0 Å². The van der Waals surface area contributed by atoms with E-state index < -0.39 is 0 Å². The van der Waals surface area contributed by atoms with E-state index in [0.717, 1.165) is 15.3 Å². The normalized spacial score (nSPS) is 10.5. The van der Waals surface area contributed by atoms with E-state index in [-0.39, 0.29) is 6.61 Å². The first-order chi connectivity index (χ1) is 6.40. The number of nitrogens with zero attached hydrogens (tertiary/aromatic N) is 1. The Hall–Kier alpha value is -1.13. The van der Waals surface area contributed by atoms with Crippen LogP contribution in [0.3, 0.4) is 0 Å². The predicted molar refractivity (Wildman–Crippen MR) is 54.0 cm³/mol. The summed E-state index contributed by atoms with van der Waals surface area (Å²) in [5, 5.41) is 12.5. The van der Waals surface area contributed by atoms with Crippen LogP contribution in [0.25, 0.3) is 10.2 Å². The van der Waals surface area contributed by atoms with Crippen molar-refractivity contribution in [3.8, 4) is 0 Å². The van der Waals surface area contributed by atoms with E-state index in [9.17, 15) is 0 Å². The molecule has 1 heterocycles. The third kappa shape index (κ3) is 1.79. The summed E-state index contributed by atoms with van der Waals surface area (Å²) in [6, 6.07) is 8.68. The van der Waals surface area contributed by atoms with Gasteiger partial charge < -0.3 is 10.4 Å². The zero-order chi connectivity index (χ0) is 9.10. The zero-order valence-corrected chi connectivity index (χ0v) is 7.77. The van der Waals surface area contributed by atoms with Gasteiger partial charge in [0.05, 0.1) is 16.8 Å². The Bertz CT molecular complexity index is 366. The number of nitrogens with one attached hydrogen (secondary N) is 1. The van der Waals surface area contributed by atoms with E-state index in [1.807, 2.05) is 18.2 Å². The number of aromatic nitrogens is 1. The average molecular weight is 193 g/mol. The van der Waals surface area contributed by atoms with Gasteiger partial charge in [0.2, 0.25) is 0 Å². The number of aliphatic hydroxyl groups excluding tert-OH is 1. The number of hydrogen-bond donors (Lipinski definition) is 2. The quantitative estimate of drug-likeness (QED) is 0.776. The van der Waals surface area contributed by atoms with Crippen LogP contribution in [-0.4, -0.2) is 23.2 Å². The fourth-order valence-corrected chi connectivity index (χ4v) is 1.93. The van der Waals surface area contributed by atoms with Crippen molar-refractivity contribution in [3.05, 3.63) is 24.3 Å². The molecule has 0 aliphatic heterocycles. The first kappa shape index (κ1) is 8.47. The van der Waals surface area contributed by atoms with Gasteiger partial charge in [-0.2, -0.15) is 0 Å². The summed E-state index contributed by atoms with van der Waals surface area (Å²) < 4.78 is 1.14. The fourth-order valence-electron chi connectivity index (χ4n) is 1.06. The topological polar surface area (TPSA) is 45.1 Å². The van der Waals surface area contributed by atoms with Gasteiger partial charge in [0.15, 0.2) is 5.13 Å². The van der Waals surface area contributed by atoms with Crippen LogP contribution in [0.2, 0.25) is 0 Å². The molecule has 0 saturated heterocycles. The van der Waals surface area contributed by atoms with Gasteiger partial charge >= 0.3 is 0 Å². The first-order valence-electron chi connectivity index (χ1n) is 4.01. The molecule has 0 atom stereocenters. The molecule has 0 fully saturated rings. The zero-order valence-electron chi connectivity index (χ0n) is 6.95. The third-order valence-electron chi connectivity index (χ3n) is 1.62. The molecule has 0 bridgehead atoms. The second-order valence-electron chi connectivity index (χ2n) is 2.56. The molecule has 1 radical (unpaired) electrons. The average Bonchev–Trinajstić information content (AvgIpc) is 2.57. The van der Waals surface area contributed by atoms with Crippen molar-refractivity contribution < 1.29 is 5.11 Å². The van der Waals surface area contributed by atoms with E-state index in [1.165, 1.54) is 0 Å². The van der Waals surface area contributed by atoms with Gasteiger partial charge in [-0.1, -0.05) is 17.4 Å². The standard InChI is InChI=1S/C9H9N2OS/c12-6-5-10-9-11-7-3-1-2-4-8(7)13-9/h2-4,12H,5-6H2,(H,10,11). The van der Waals surface area contributed by atoms with Crippen LogP contribution in [-0.2, 0) is 0 Å². The van der Waals surface area contributed by atoms with E-state index in [1.54, 1.807) is 11.3 Å². The summed E-state index contributed by atoms with van der Waals surface area (Å²) in [5.74, 6) is 0. The van der Waals surface area contributed by atoms with E-state index >= 15 is 0 Å². The molecule has 2 rings (SSSR count). The number of anilines is 1. The molecular formula is C9H9N2OS. The molecule has 67 valence electrons. The summed E-state index contributed by atoms with van der Waals surface area (Å²) in [7, 11) is 0. The van der Waals surface area contributed by atoms with Crippen molar-refractivity contribution in [3.63, 3.8) is 0 Å². The number of benzene rings is 1. The first-order valence-corrected chi connectivity index (χ1v) is 4.83. The predicted octanol–water partition coefficient (Wildman–Crippen LogP) is 1.50. The monoisotopic (exact) mass is 193 g/mol. The Morgan fingerprint density at radius 3 is 3.31 bits per heavy atom. The van der Waals surface area contributed by atoms with Gasteiger partial charge in [0.1, 0.15) is 0 Å². The van der Waals surface area contributed by atoms with Crippen molar-refractivity contribution in [2.75, 3.05) is 18.5 Å². The van der Waals surface area contributed by atoms with Crippen LogP contribution in [0, 0.1) is 6.07 Å². The molecule has 3 nitrogen and oxygen atoms in total. The van der Waals surface area contributed by atoms with Crippen LogP contribution >= 0.6 is 11.3 Å². The summed E-state index contributed by atoms with van der Waals surface area (Å²) in [6.07, 6.45) is 0. The molecular weight excluding hydrogens is 184 g/mol. The van der Waals surface area contributed by atoms with Crippen LogP contribution in [0.4, 0.5) is 5.13 Å². The van der Waals surface area contributed by atoms with Crippen molar-refractivity contribution >= 4 is 26.7 Å². The largest absolute Gasteiger partial charge is 0.395 e. The minimum atomic E-state index is 0.127. The lowest BCUT2D eigenvalue weighted by atomic mass is 10.3. The Balaban J connectivity index is 2.28. The van der Waals surface area contributed by atoms with Gasteiger partial charge in [-0.05, 0) is 18.2 Å². The molecule has 4 heteroatoms. The summed E-state index contributed by atoms with van der Waals surface area (Å²) in [6.45, 7) is 0.672. The number of hydrogen-bond acceptors (Lipinski definition) is 4. The van der Waals surface area contributed by atoms with Gasteiger partial charge in [-0.25, -0.2) is 4.98 Å². The van der Waals surface area contributed by atoms with Crippen LogP contribution in [0.5, 0.6) is 0 Å². The molecule has 0 amide bonds. The Kier molecular flexibility index (Phi) is 2.42. The van der Waals surface area contributed by atoms with E-state index in [0.29, 0.717) is 6.54 Å². The number of rotatable bonds is 3. The number of aliphatic hydroxyl groups is 1. The second-order valence-corrected chi connectivity index (χ2v) is 3.59. The smallest absolute Gasteiger partial charge is 0.183 e. The lowest BCUT2D eigenvalue weighted by molar-refractivity contribution is 0.311. The highest BCUT2D eigenvalue weighted by molar-refractivity contribution is 7.22. The molecule has 0 saturated carbocycles. The van der Waals surface area contributed by atoms with Crippen molar-refractivity contribution in [2.45, 2.75) is 0 Å². The Morgan fingerprint density at radius 2 is 2.54 bits per heavy atom. The lowest BCUT2D eigenvalue weighted by Gasteiger charge is -1.95. The highest BCUT2D eigenvalue weighted by Crippen LogP contribution is 2.24. The SMILES string of the molecule is OCCNc1nc2c[c]ccc2s1. The van der Waals surface area contributed by atoms with E-state index in [4.69, 9.17) is 5.11 Å². The molecule has 0 unspecified atom stereocenters.